The van der Waals surface area contributed by atoms with E-state index >= 15 is 0 Å². The molecule has 10 heteroatoms. The molecule has 4 atom stereocenters. The molecule has 3 N–H and O–H groups in total. The van der Waals surface area contributed by atoms with Gasteiger partial charge < -0.3 is 15.4 Å². The van der Waals surface area contributed by atoms with E-state index in [9.17, 15) is 19.2 Å². The molecule has 10 nitrogen and oxygen atoms in total. The van der Waals surface area contributed by atoms with Gasteiger partial charge in [0, 0.05) is 18.1 Å². The number of hydrazine groups is 1. The van der Waals surface area contributed by atoms with Crippen LogP contribution in [0, 0.1) is 11.3 Å². The fourth-order valence-corrected chi connectivity index (χ4v) is 4.79. The van der Waals surface area contributed by atoms with Crippen molar-refractivity contribution in [2.75, 3.05) is 6.54 Å². The number of cyclic esters (lactones) is 1. The molecule has 1 unspecified atom stereocenters. The Labute approximate surface area is 234 Å². The smallest absolute Gasteiger partial charge is 0.325 e. The molecule has 0 aliphatic carbocycles. The first-order valence-electron chi connectivity index (χ1n) is 13.8. The average Bonchev–Trinajstić information content (AvgIpc) is 2.92. The maximum Gasteiger partial charge on any atom is 0.325 e. The standard InChI is InChI=1S/C30H39N5O5/c1-17(2)25-26(36)32-18(3)27(37)35-13-7-8-24(34-35)28(38)40-19(4)20-9-10-21-16-31-23(15-22(21)14-20)11-12-30(5,6)29(39)33-25/h9-12,14-19,24-25,34H,7-8,13H2,1-6H3,(H,32,36)(H,33,39)/b12-11+/t18-,19+,24?,25-/m0/s1. The first-order chi connectivity index (χ1) is 18.9. The van der Waals surface area contributed by atoms with Crippen molar-refractivity contribution in [3.63, 3.8) is 0 Å². The molecule has 1 aromatic heterocycles. The van der Waals surface area contributed by atoms with E-state index in [0.717, 1.165) is 16.3 Å². The van der Waals surface area contributed by atoms with Gasteiger partial charge in [-0.1, -0.05) is 32.1 Å². The van der Waals surface area contributed by atoms with Gasteiger partial charge in [-0.15, -0.1) is 0 Å². The Morgan fingerprint density at radius 1 is 1.05 bits per heavy atom. The Balaban J connectivity index is 1.70. The SMILES string of the molecule is CC(C)[C@@H]1NC(=O)C(C)(C)/C=C/c2cc3cc(ccc3cn2)[C@@H](C)OC(=O)C2CCCN(N2)C(=O)[C@H](C)NC1=O. The number of aromatic nitrogens is 1. The van der Waals surface area contributed by atoms with Gasteiger partial charge in [-0.3, -0.25) is 29.2 Å². The molecule has 2 aromatic rings. The first kappa shape index (κ1) is 29.2. The summed E-state index contributed by atoms with van der Waals surface area (Å²) in [6.07, 6.45) is 5.91. The Bertz CT molecular complexity index is 1340. The molecule has 1 aromatic carbocycles. The lowest BCUT2D eigenvalue weighted by Crippen LogP contribution is -2.61. The zero-order valence-corrected chi connectivity index (χ0v) is 24.0. The van der Waals surface area contributed by atoms with E-state index in [1.807, 2.05) is 45.0 Å². The minimum absolute atomic E-state index is 0.224. The number of amides is 3. The van der Waals surface area contributed by atoms with Crippen LogP contribution in [0.1, 0.15) is 71.7 Å². The summed E-state index contributed by atoms with van der Waals surface area (Å²) in [6, 6.07) is 5.29. The van der Waals surface area contributed by atoms with E-state index in [2.05, 4.69) is 21.0 Å². The van der Waals surface area contributed by atoms with Crippen LogP contribution in [-0.4, -0.2) is 58.4 Å². The Kier molecular flexibility index (Phi) is 8.58. The number of fused-ring (bicyclic) bond motifs is 4. The fraction of sp³-hybridized carbons (Fsp3) is 0.500. The summed E-state index contributed by atoms with van der Waals surface area (Å²) in [6.45, 7) is 11.0. The lowest BCUT2D eigenvalue weighted by atomic mass is 9.90. The second-order valence-corrected chi connectivity index (χ2v) is 11.6. The topological polar surface area (TPSA) is 130 Å². The monoisotopic (exact) mass is 549 g/mol. The molecule has 40 heavy (non-hydrogen) atoms. The van der Waals surface area contributed by atoms with Crippen molar-refractivity contribution in [2.45, 2.75) is 78.6 Å². The highest BCUT2D eigenvalue weighted by Crippen LogP contribution is 2.26. The molecule has 0 spiro atoms. The number of nitrogens with one attached hydrogen (secondary N) is 3. The molecule has 1 saturated heterocycles. The van der Waals surface area contributed by atoms with Crippen LogP contribution < -0.4 is 16.1 Å². The second-order valence-electron chi connectivity index (χ2n) is 11.6. The highest BCUT2D eigenvalue weighted by Gasteiger charge is 2.35. The molecular formula is C30H39N5O5. The van der Waals surface area contributed by atoms with Crippen LogP contribution >= 0.6 is 0 Å². The Morgan fingerprint density at radius 3 is 2.52 bits per heavy atom. The Morgan fingerprint density at radius 2 is 1.80 bits per heavy atom. The third-order valence-corrected chi connectivity index (χ3v) is 7.49. The lowest BCUT2D eigenvalue weighted by Gasteiger charge is -2.35. The van der Waals surface area contributed by atoms with Gasteiger partial charge in [-0.2, -0.15) is 0 Å². The number of esters is 1. The molecule has 0 saturated carbocycles. The number of benzene rings is 1. The first-order valence-corrected chi connectivity index (χ1v) is 13.8. The van der Waals surface area contributed by atoms with Crippen molar-refractivity contribution < 1.29 is 23.9 Å². The molecule has 1 fully saturated rings. The highest BCUT2D eigenvalue weighted by atomic mass is 16.5. The van der Waals surface area contributed by atoms with Crippen molar-refractivity contribution in [3.8, 4) is 0 Å². The molecule has 3 amide bonds. The van der Waals surface area contributed by atoms with Gasteiger partial charge in [0.1, 0.15) is 24.2 Å². The summed E-state index contributed by atoms with van der Waals surface area (Å²) < 4.78 is 5.79. The minimum Gasteiger partial charge on any atom is -0.457 e. The predicted molar refractivity (Wildman–Crippen MR) is 151 cm³/mol. The number of ether oxygens (including phenoxy) is 1. The lowest BCUT2D eigenvalue weighted by molar-refractivity contribution is -0.157. The quantitative estimate of drug-likeness (QED) is 0.466. The largest absolute Gasteiger partial charge is 0.457 e. The maximum atomic E-state index is 13.3. The molecule has 3 heterocycles. The highest BCUT2D eigenvalue weighted by molar-refractivity contribution is 5.94. The minimum atomic E-state index is -0.943. The van der Waals surface area contributed by atoms with E-state index in [-0.39, 0.29) is 17.7 Å². The van der Waals surface area contributed by atoms with E-state index in [1.165, 1.54) is 5.01 Å². The van der Waals surface area contributed by atoms with E-state index in [4.69, 9.17) is 4.74 Å². The van der Waals surface area contributed by atoms with Gasteiger partial charge in [0.25, 0.3) is 5.91 Å². The molecule has 0 radical (unpaired) electrons. The van der Waals surface area contributed by atoms with Crippen LogP contribution in [0.5, 0.6) is 0 Å². The van der Waals surface area contributed by atoms with Gasteiger partial charge >= 0.3 is 5.97 Å². The third-order valence-electron chi connectivity index (χ3n) is 7.49. The molecule has 5 bridgehead atoms. The normalized spacial score (nSPS) is 27.2. The zero-order chi connectivity index (χ0) is 29.2. The Hall–Kier alpha value is -3.79. The van der Waals surface area contributed by atoms with Crippen molar-refractivity contribution in [2.24, 2.45) is 11.3 Å². The predicted octanol–water partition coefficient (Wildman–Crippen LogP) is 3.03. The van der Waals surface area contributed by atoms with Gasteiger partial charge in [-0.25, -0.2) is 5.43 Å². The molecule has 214 valence electrons. The van der Waals surface area contributed by atoms with Gasteiger partial charge in [0.15, 0.2) is 0 Å². The number of pyridine rings is 1. The van der Waals surface area contributed by atoms with E-state index in [0.29, 0.717) is 25.1 Å². The number of hydrogen-bond donors (Lipinski definition) is 3. The number of carbonyl (C=O) groups excluding carboxylic acids is 4. The van der Waals surface area contributed by atoms with Gasteiger partial charge in [0.2, 0.25) is 11.8 Å². The molecule has 2 aliphatic rings. The van der Waals surface area contributed by atoms with Crippen LogP contribution in [0.15, 0.2) is 36.5 Å². The third kappa shape index (κ3) is 6.50. The van der Waals surface area contributed by atoms with Crippen molar-refractivity contribution in [1.82, 2.24) is 26.1 Å². The zero-order valence-electron chi connectivity index (χ0n) is 24.0. The van der Waals surface area contributed by atoms with Gasteiger partial charge in [-0.05, 0) is 75.6 Å². The van der Waals surface area contributed by atoms with Crippen molar-refractivity contribution in [1.29, 1.82) is 0 Å². The van der Waals surface area contributed by atoms with Crippen molar-refractivity contribution in [3.05, 3.63) is 47.8 Å². The summed E-state index contributed by atoms with van der Waals surface area (Å²) in [5.74, 6) is -1.83. The second kappa shape index (κ2) is 11.8. The molecule has 4 rings (SSSR count). The van der Waals surface area contributed by atoms with Crippen LogP contribution in [0.2, 0.25) is 0 Å². The summed E-state index contributed by atoms with van der Waals surface area (Å²) in [5.41, 5.74) is 3.53. The maximum absolute atomic E-state index is 13.3. The molecule has 2 aliphatic heterocycles. The summed E-state index contributed by atoms with van der Waals surface area (Å²) in [5, 5.41) is 8.82. The summed E-state index contributed by atoms with van der Waals surface area (Å²) >= 11 is 0. The number of hydrogen-bond acceptors (Lipinski definition) is 7. The summed E-state index contributed by atoms with van der Waals surface area (Å²) in [7, 11) is 0. The van der Waals surface area contributed by atoms with Crippen LogP contribution in [0.3, 0.4) is 0 Å². The number of rotatable bonds is 1. The van der Waals surface area contributed by atoms with Crippen molar-refractivity contribution >= 4 is 40.5 Å². The summed E-state index contributed by atoms with van der Waals surface area (Å²) in [4.78, 5) is 57.2. The van der Waals surface area contributed by atoms with Crippen LogP contribution in [-0.2, 0) is 23.9 Å². The number of nitrogens with zero attached hydrogens (tertiary/aromatic N) is 2. The van der Waals surface area contributed by atoms with E-state index < -0.39 is 41.5 Å². The average molecular weight is 550 g/mol. The van der Waals surface area contributed by atoms with Crippen LogP contribution in [0.4, 0.5) is 0 Å². The number of carbonyl (C=O) groups is 4. The fourth-order valence-electron chi connectivity index (χ4n) is 4.79. The van der Waals surface area contributed by atoms with Gasteiger partial charge in [0.05, 0.1) is 11.1 Å². The van der Waals surface area contributed by atoms with Crippen LogP contribution in [0.25, 0.3) is 16.8 Å². The molecular weight excluding hydrogens is 510 g/mol. The van der Waals surface area contributed by atoms with E-state index in [1.54, 1.807) is 39.1 Å².